The Hall–Kier alpha value is -2.85. The van der Waals surface area contributed by atoms with Gasteiger partial charge in [0, 0.05) is 13.2 Å². The van der Waals surface area contributed by atoms with Crippen molar-refractivity contribution in [3.05, 3.63) is 41.6 Å². The Morgan fingerprint density at radius 3 is 2.92 bits per heavy atom. The van der Waals surface area contributed by atoms with Crippen molar-refractivity contribution >= 4 is 11.7 Å². The minimum Gasteiger partial charge on any atom is -0.382 e. The zero-order chi connectivity index (χ0) is 17.6. The van der Waals surface area contributed by atoms with Gasteiger partial charge in [0.15, 0.2) is 0 Å². The van der Waals surface area contributed by atoms with E-state index in [-0.39, 0.29) is 12.0 Å². The molecule has 2 aromatic rings. The molecule has 1 aliphatic heterocycles. The van der Waals surface area contributed by atoms with Crippen LogP contribution >= 0.6 is 0 Å². The highest BCUT2D eigenvalue weighted by Crippen LogP contribution is 2.21. The number of para-hydroxylation sites is 1. The molecule has 1 fully saturated rings. The summed E-state index contributed by atoms with van der Waals surface area (Å²) in [6, 6.07) is 11.6. The number of carbonyl (C=O) groups is 1. The maximum Gasteiger partial charge on any atom is 0.249 e. The second-order valence-corrected chi connectivity index (χ2v) is 5.96. The first kappa shape index (κ1) is 17.0. The first-order chi connectivity index (χ1) is 12.2. The fraction of sp³-hybridized carbons (Fsp3) is 0.389. The van der Waals surface area contributed by atoms with Crippen LogP contribution in [0.2, 0.25) is 0 Å². The number of anilines is 1. The average molecular weight is 339 g/mol. The highest BCUT2D eigenvalue weighted by Gasteiger charge is 2.23. The quantitative estimate of drug-likeness (QED) is 0.777. The molecule has 1 aromatic carbocycles. The SMILES string of the molecule is N#Cc1c(CCCNC(=O)[C@@H]2CCCO2)nn(-c2ccccc2)c1N. The minimum absolute atomic E-state index is 0.0627. The zero-order valence-corrected chi connectivity index (χ0v) is 13.9. The van der Waals surface area contributed by atoms with Crippen LogP contribution < -0.4 is 11.1 Å². The van der Waals surface area contributed by atoms with Crippen LogP contribution in [-0.4, -0.2) is 34.9 Å². The van der Waals surface area contributed by atoms with E-state index >= 15 is 0 Å². The molecule has 1 aliphatic rings. The number of ether oxygens (including phenoxy) is 1. The Balaban J connectivity index is 1.61. The van der Waals surface area contributed by atoms with Crippen molar-refractivity contribution in [2.75, 3.05) is 18.9 Å². The van der Waals surface area contributed by atoms with Gasteiger partial charge in [0.25, 0.3) is 0 Å². The number of rotatable bonds is 6. The number of nitrogens with two attached hydrogens (primary N) is 1. The standard InChI is InChI=1S/C18H21N5O2/c19-12-14-15(8-4-10-21-18(24)16-9-5-11-25-16)22-23(17(14)20)13-6-2-1-3-7-13/h1-3,6-7,16H,4-5,8-11,20H2,(H,21,24)/t16-/m0/s1. The fourth-order valence-corrected chi connectivity index (χ4v) is 2.91. The third-order valence-electron chi connectivity index (χ3n) is 4.22. The molecular weight excluding hydrogens is 318 g/mol. The van der Waals surface area contributed by atoms with E-state index in [0.717, 1.165) is 18.5 Å². The monoisotopic (exact) mass is 339 g/mol. The summed E-state index contributed by atoms with van der Waals surface area (Å²) >= 11 is 0. The maximum absolute atomic E-state index is 11.9. The van der Waals surface area contributed by atoms with Gasteiger partial charge in [-0.3, -0.25) is 4.79 Å². The Labute approximate surface area is 146 Å². The molecule has 7 heteroatoms. The lowest BCUT2D eigenvalue weighted by atomic mass is 10.1. The minimum atomic E-state index is -0.317. The average Bonchev–Trinajstić information content (AvgIpc) is 3.27. The molecule has 1 amide bonds. The predicted octanol–water partition coefficient (Wildman–Crippen LogP) is 1.55. The normalized spacial score (nSPS) is 16.5. The first-order valence-corrected chi connectivity index (χ1v) is 8.43. The Morgan fingerprint density at radius 1 is 1.44 bits per heavy atom. The van der Waals surface area contributed by atoms with Crippen molar-refractivity contribution in [2.24, 2.45) is 0 Å². The van der Waals surface area contributed by atoms with E-state index in [0.29, 0.717) is 43.1 Å². The molecule has 1 saturated heterocycles. The molecule has 1 atom stereocenters. The van der Waals surface area contributed by atoms with Gasteiger partial charge in [-0.15, -0.1) is 0 Å². The number of amides is 1. The summed E-state index contributed by atoms with van der Waals surface area (Å²) in [4.78, 5) is 11.9. The van der Waals surface area contributed by atoms with Gasteiger partial charge in [0.05, 0.1) is 11.4 Å². The molecule has 3 rings (SSSR count). The van der Waals surface area contributed by atoms with Crippen LogP contribution in [0.5, 0.6) is 0 Å². The van der Waals surface area contributed by atoms with Crippen molar-refractivity contribution in [3.8, 4) is 11.8 Å². The van der Waals surface area contributed by atoms with Gasteiger partial charge >= 0.3 is 0 Å². The van der Waals surface area contributed by atoms with Crippen LogP contribution in [0.4, 0.5) is 5.82 Å². The number of aromatic nitrogens is 2. The molecule has 1 aromatic heterocycles. The summed E-state index contributed by atoms with van der Waals surface area (Å²) in [6.45, 7) is 1.17. The molecule has 3 N–H and O–H groups in total. The lowest BCUT2D eigenvalue weighted by molar-refractivity contribution is -0.130. The van der Waals surface area contributed by atoms with Crippen LogP contribution in [0, 0.1) is 11.3 Å². The Morgan fingerprint density at radius 2 is 2.24 bits per heavy atom. The predicted molar refractivity (Wildman–Crippen MR) is 93.0 cm³/mol. The molecule has 130 valence electrons. The molecular formula is C18H21N5O2. The van der Waals surface area contributed by atoms with E-state index in [1.54, 1.807) is 4.68 Å². The number of nitrogens with zero attached hydrogens (tertiary/aromatic N) is 3. The highest BCUT2D eigenvalue weighted by atomic mass is 16.5. The third kappa shape index (κ3) is 3.80. The van der Waals surface area contributed by atoms with Crippen LogP contribution in [0.1, 0.15) is 30.5 Å². The van der Waals surface area contributed by atoms with E-state index < -0.39 is 0 Å². The van der Waals surface area contributed by atoms with E-state index in [2.05, 4.69) is 16.5 Å². The second-order valence-electron chi connectivity index (χ2n) is 5.96. The van der Waals surface area contributed by atoms with Crippen LogP contribution in [0.25, 0.3) is 5.69 Å². The molecule has 0 spiro atoms. The van der Waals surface area contributed by atoms with Gasteiger partial charge in [-0.25, -0.2) is 4.68 Å². The summed E-state index contributed by atoms with van der Waals surface area (Å²) in [6.07, 6.45) is 2.64. The van der Waals surface area contributed by atoms with Crippen LogP contribution in [0.3, 0.4) is 0 Å². The summed E-state index contributed by atoms with van der Waals surface area (Å²) in [7, 11) is 0. The van der Waals surface area contributed by atoms with Crippen LogP contribution in [-0.2, 0) is 16.0 Å². The highest BCUT2D eigenvalue weighted by molar-refractivity contribution is 5.80. The van der Waals surface area contributed by atoms with Gasteiger partial charge in [0.1, 0.15) is 23.6 Å². The smallest absolute Gasteiger partial charge is 0.249 e. The number of nitrogen functional groups attached to an aromatic ring is 1. The Bertz CT molecular complexity index is 773. The lowest BCUT2D eigenvalue weighted by Gasteiger charge is -2.09. The van der Waals surface area contributed by atoms with E-state index in [9.17, 15) is 10.1 Å². The lowest BCUT2D eigenvalue weighted by Crippen LogP contribution is -2.34. The van der Waals surface area contributed by atoms with Crippen molar-refractivity contribution in [2.45, 2.75) is 31.8 Å². The van der Waals surface area contributed by atoms with E-state index in [1.165, 1.54) is 0 Å². The summed E-state index contributed by atoms with van der Waals surface area (Å²) in [5, 5.41) is 16.7. The van der Waals surface area contributed by atoms with Crippen molar-refractivity contribution in [1.82, 2.24) is 15.1 Å². The summed E-state index contributed by atoms with van der Waals surface area (Å²) in [5.74, 6) is 0.277. The number of hydrogen-bond acceptors (Lipinski definition) is 5. The second kappa shape index (κ2) is 7.81. The number of hydrogen-bond donors (Lipinski definition) is 2. The summed E-state index contributed by atoms with van der Waals surface area (Å²) < 4.78 is 6.93. The van der Waals surface area contributed by atoms with Crippen LogP contribution in [0.15, 0.2) is 30.3 Å². The van der Waals surface area contributed by atoms with E-state index in [1.807, 2.05) is 30.3 Å². The molecule has 0 aliphatic carbocycles. The van der Waals surface area contributed by atoms with Gasteiger partial charge < -0.3 is 15.8 Å². The number of benzene rings is 1. The van der Waals surface area contributed by atoms with Gasteiger partial charge in [-0.2, -0.15) is 10.4 Å². The largest absolute Gasteiger partial charge is 0.382 e. The number of nitrogens with one attached hydrogen (secondary N) is 1. The van der Waals surface area contributed by atoms with Gasteiger partial charge in [0.2, 0.25) is 5.91 Å². The van der Waals surface area contributed by atoms with Gasteiger partial charge in [-0.05, 0) is 37.8 Å². The molecule has 7 nitrogen and oxygen atoms in total. The molecule has 0 radical (unpaired) electrons. The number of carbonyl (C=O) groups excluding carboxylic acids is 1. The van der Waals surface area contributed by atoms with Crippen molar-refractivity contribution in [3.63, 3.8) is 0 Å². The topological polar surface area (TPSA) is 106 Å². The number of aryl methyl sites for hydroxylation is 1. The molecule has 0 saturated carbocycles. The molecule has 0 unspecified atom stereocenters. The first-order valence-electron chi connectivity index (χ1n) is 8.43. The molecule has 25 heavy (non-hydrogen) atoms. The third-order valence-corrected chi connectivity index (χ3v) is 4.22. The van der Waals surface area contributed by atoms with Crippen molar-refractivity contribution in [1.29, 1.82) is 5.26 Å². The summed E-state index contributed by atoms with van der Waals surface area (Å²) in [5.41, 5.74) is 7.93. The van der Waals surface area contributed by atoms with E-state index in [4.69, 9.17) is 10.5 Å². The maximum atomic E-state index is 11.9. The van der Waals surface area contributed by atoms with Crippen molar-refractivity contribution < 1.29 is 9.53 Å². The fourth-order valence-electron chi connectivity index (χ4n) is 2.91. The number of nitriles is 1. The molecule has 2 heterocycles. The van der Waals surface area contributed by atoms with Gasteiger partial charge in [-0.1, -0.05) is 18.2 Å². The zero-order valence-electron chi connectivity index (χ0n) is 13.9. The Kier molecular flexibility index (Phi) is 5.31. The molecule has 0 bridgehead atoms.